The minimum atomic E-state index is 0.0287. The van der Waals surface area contributed by atoms with Gasteiger partial charge in [-0.2, -0.15) is 0 Å². The Kier molecular flexibility index (Phi) is 5.08. The lowest BCUT2D eigenvalue weighted by Gasteiger charge is -2.17. The third-order valence-corrected chi connectivity index (χ3v) is 4.11. The van der Waals surface area contributed by atoms with E-state index in [0.29, 0.717) is 15.2 Å². The van der Waals surface area contributed by atoms with Crippen LogP contribution < -0.4 is 5.32 Å². The molecule has 0 spiro atoms. The number of nitrogens with one attached hydrogen (secondary N) is 1. The first-order chi connectivity index (χ1) is 9.52. The predicted molar refractivity (Wildman–Crippen MR) is 84.9 cm³/mol. The highest BCUT2D eigenvalue weighted by molar-refractivity contribution is 6.42. The zero-order valence-corrected chi connectivity index (χ0v) is 13.4. The molecule has 1 aromatic heterocycles. The summed E-state index contributed by atoms with van der Waals surface area (Å²) in [7, 11) is 0. The maximum atomic E-state index is 6.08. The van der Waals surface area contributed by atoms with Gasteiger partial charge in [0.15, 0.2) is 0 Å². The summed E-state index contributed by atoms with van der Waals surface area (Å²) in [5.41, 5.74) is 1.93. The molecule has 0 bridgehead atoms. The minimum Gasteiger partial charge on any atom is -0.363 e. The van der Waals surface area contributed by atoms with Crippen LogP contribution in [0.2, 0.25) is 15.2 Å². The van der Waals surface area contributed by atoms with E-state index in [1.807, 2.05) is 26.0 Å². The standard InChI is InChI=1S/C14H14Cl3N3/c1-3-10-13(17)18-7-19-14(10)20-8(2)9-4-5-11(15)12(16)6-9/h4-8H,3H2,1-2H3,(H,18,19,20). The van der Waals surface area contributed by atoms with E-state index in [-0.39, 0.29) is 6.04 Å². The molecule has 0 saturated carbocycles. The van der Waals surface area contributed by atoms with E-state index in [1.165, 1.54) is 6.33 Å². The molecule has 2 aromatic rings. The van der Waals surface area contributed by atoms with E-state index in [1.54, 1.807) is 6.07 Å². The quantitative estimate of drug-likeness (QED) is 0.786. The topological polar surface area (TPSA) is 37.8 Å². The number of anilines is 1. The van der Waals surface area contributed by atoms with Crippen molar-refractivity contribution in [3.05, 3.63) is 50.9 Å². The molecule has 1 aromatic carbocycles. The lowest BCUT2D eigenvalue weighted by Crippen LogP contribution is -2.10. The number of hydrogen-bond acceptors (Lipinski definition) is 3. The average Bonchev–Trinajstić information content (AvgIpc) is 2.42. The number of halogens is 3. The number of nitrogens with zero attached hydrogens (tertiary/aromatic N) is 2. The highest BCUT2D eigenvalue weighted by Crippen LogP contribution is 2.28. The van der Waals surface area contributed by atoms with Gasteiger partial charge >= 0.3 is 0 Å². The first kappa shape index (κ1) is 15.4. The normalized spacial score (nSPS) is 12.2. The summed E-state index contributed by atoms with van der Waals surface area (Å²) < 4.78 is 0. The number of hydrogen-bond donors (Lipinski definition) is 1. The van der Waals surface area contributed by atoms with Gasteiger partial charge in [-0.25, -0.2) is 9.97 Å². The van der Waals surface area contributed by atoms with Gasteiger partial charge in [-0.1, -0.05) is 47.8 Å². The third-order valence-electron chi connectivity index (χ3n) is 3.04. The van der Waals surface area contributed by atoms with Gasteiger partial charge in [0.25, 0.3) is 0 Å². The van der Waals surface area contributed by atoms with Crippen molar-refractivity contribution in [2.75, 3.05) is 5.32 Å². The summed E-state index contributed by atoms with van der Waals surface area (Å²) in [6.45, 7) is 4.04. The largest absolute Gasteiger partial charge is 0.363 e. The van der Waals surface area contributed by atoms with Gasteiger partial charge in [-0.3, -0.25) is 0 Å². The van der Waals surface area contributed by atoms with Gasteiger partial charge in [0, 0.05) is 5.56 Å². The number of benzene rings is 1. The van der Waals surface area contributed by atoms with Crippen molar-refractivity contribution >= 4 is 40.6 Å². The van der Waals surface area contributed by atoms with E-state index in [9.17, 15) is 0 Å². The smallest absolute Gasteiger partial charge is 0.137 e. The third kappa shape index (κ3) is 3.35. The molecule has 1 unspecified atom stereocenters. The molecule has 2 rings (SSSR count). The Morgan fingerprint density at radius 3 is 2.55 bits per heavy atom. The summed E-state index contributed by atoms with van der Waals surface area (Å²) >= 11 is 18.0. The second-order valence-electron chi connectivity index (χ2n) is 4.38. The van der Waals surface area contributed by atoms with Gasteiger partial charge in [-0.15, -0.1) is 0 Å². The molecular weight excluding hydrogens is 317 g/mol. The highest BCUT2D eigenvalue weighted by atomic mass is 35.5. The molecule has 1 heterocycles. The number of aromatic nitrogens is 2. The molecule has 20 heavy (non-hydrogen) atoms. The predicted octanol–water partition coefficient (Wildman–Crippen LogP) is 5.17. The van der Waals surface area contributed by atoms with Crippen molar-refractivity contribution in [1.29, 1.82) is 0 Å². The van der Waals surface area contributed by atoms with Crippen LogP contribution in [0.5, 0.6) is 0 Å². The maximum Gasteiger partial charge on any atom is 0.137 e. The van der Waals surface area contributed by atoms with Gasteiger partial charge in [0.05, 0.1) is 16.1 Å². The van der Waals surface area contributed by atoms with Gasteiger partial charge in [0.1, 0.15) is 17.3 Å². The van der Waals surface area contributed by atoms with Crippen molar-refractivity contribution in [1.82, 2.24) is 9.97 Å². The molecule has 0 saturated heterocycles. The molecule has 3 nitrogen and oxygen atoms in total. The summed E-state index contributed by atoms with van der Waals surface area (Å²) in [6.07, 6.45) is 2.21. The first-order valence-corrected chi connectivity index (χ1v) is 7.37. The molecule has 106 valence electrons. The molecule has 0 amide bonds. The summed E-state index contributed by atoms with van der Waals surface area (Å²) in [4.78, 5) is 8.24. The van der Waals surface area contributed by atoms with E-state index >= 15 is 0 Å². The van der Waals surface area contributed by atoms with Gasteiger partial charge < -0.3 is 5.32 Å². The molecule has 1 atom stereocenters. The zero-order valence-electron chi connectivity index (χ0n) is 11.1. The van der Waals surface area contributed by atoms with Crippen LogP contribution >= 0.6 is 34.8 Å². The highest BCUT2D eigenvalue weighted by Gasteiger charge is 2.12. The monoisotopic (exact) mass is 329 g/mol. The molecule has 6 heteroatoms. The van der Waals surface area contributed by atoms with Crippen molar-refractivity contribution in [2.45, 2.75) is 26.3 Å². The van der Waals surface area contributed by atoms with Crippen molar-refractivity contribution in [3.63, 3.8) is 0 Å². The van der Waals surface area contributed by atoms with Crippen LogP contribution in [-0.2, 0) is 6.42 Å². The van der Waals surface area contributed by atoms with Crippen LogP contribution in [-0.4, -0.2) is 9.97 Å². The zero-order chi connectivity index (χ0) is 14.7. The Hall–Kier alpha value is -1.03. The van der Waals surface area contributed by atoms with Gasteiger partial charge in [0.2, 0.25) is 0 Å². The molecule has 0 radical (unpaired) electrons. The second-order valence-corrected chi connectivity index (χ2v) is 5.56. The maximum absolute atomic E-state index is 6.08. The Labute approximate surface area is 133 Å². The first-order valence-electron chi connectivity index (χ1n) is 6.23. The van der Waals surface area contributed by atoms with Crippen LogP contribution in [0.3, 0.4) is 0 Å². The Bertz CT molecular complexity index is 617. The van der Waals surface area contributed by atoms with Crippen LogP contribution in [0.25, 0.3) is 0 Å². The summed E-state index contributed by atoms with van der Waals surface area (Å²) in [5.74, 6) is 0.742. The lowest BCUT2D eigenvalue weighted by molar-refractivity contribution is 0.863. The molecule has 0 fully saturated rings. The Morgan fingerprint density at radius 1 is 1.15 bits per heavy atom. The molecule has 0 aliphatic rings. The summed E-state index contributed by atoms with van der Waals surface area (Å²) in [5, 5.41) is 4.89. The van der Waals surface area contributed by atoms with E-state index < -0.39 is 0 Å². The van der Waals surface area contributed by atoms with Crippen LogP contribution in [0.15, 0.2) is 24.5 Å². The van der Waals surface area contributed by atoms with E-state index in [0.717, 1.165) is 23.4 Å². The fraction of sp³-hybridized carbons (Fsp3) is 0.286. The fourth-order valence-electron chi connectivity index (χ4n) is 1.90. The summed E-state index contributed by atoms with van der Waals surface area (Å²) in [6, 6.07) is 5.59. The van der Waals surface area contributed by atoms with Gasteiger partial charge in [-0.05, 0) is 31.0 Å². The Morgan fingerprint density at radius 2 is 1.90 bits per heavy atom. The van der Waals surface area contributed by atoms with Crippen molar-refractivity contribution in [3.8, 4) is 0 Å². The molecule has 0 aliphatic heterocycles. The second kappa shape index (κ2) is 6.61. The van der Waals surface area contributed by atoms with Crippen molar-refractivity contribution in [2.24, 2.45) is 0 Å². The fourth-order valence-corrected chi connectivity index (χ4v) is 2.47. The minimum absolute atomic E-state index is 0.0287. The SMILES string of the molecule is CCc1c(Cl)ncnc1NC(C)c1ccc(Cl)c(Cl)c1. The molecule has 1 N–H and O–H groups in total. The van der Waals surface area contributed by atoms with Crippen LogP contribution in [0, 0.1) is 0 Å². The number of rotatable bonds is 4. The van der Waals surface area contributed by atoms with E-state index in [4.69, 9.17) is 34.8 Å². The molecular formula is C14H14Cl3N3. The van der Waals surface area contributed by atoms with Crippen molar-refractivity contribution < 1.29 is 0 Å². The van der Waals surface area contributed by atoms with Crippen LogP contribution in [0.1, 0.15) is 31.0 Å². The average molecular weight is 331 g/mol. The molecule has 0 aliphatic carbocycles. The van der Waals surface area contributed by atoms with Crippen LogP contribution in [0.4, 0.5) is 5.82 Å². The van der Waals surface area contributed by atoms with E-state index in [2.05, 4.69) is 15.3 Å². The Balaban J connectivity index is 2.25. The lowest BCUT2D eigenvalue weighted by atomic mass is 10.1.